The number of halogens is 2. The van der Waals surface area contributed by atoms with Crippen LogP contribution in [0.2, 0.25) is 0 Å². The Balaban J connectivity index is 2.01. The topological polar surface area (TPSA) is 24.1 Å². The molecular formula is C6H12F2N2. The van der Waals surface area contributed by atoms with E-state index in [1.807, 2.05) is 0 Å². The molecule has 1 rings (SSSR count). The second-order valence-corrected chi connectivity index (χ2v) is 2.49. The van der Waals surface area contributed by atoms with E-state index in [2.05, 4.69) is 10.6 Å². The SMILES string of the molecule is FC(F)CN[C@@H]1CCNC1. The molecule has 4 heteroatoms. The van der Waals surface area contributed by atoms with E-state index >= 15 is 0 Å². The normalized spacial score (nSPS) is 26.1. The smallest absolute Gasteiger partial charge is 0.250 e. The molecule has 1 aliphatic heterocycles. The van der Waals surface area contributed by atoms with Crippen LogP contribution >= 0.6 is 0 Å². The van der Waals surface area contributed by atoms with Gasteiger partial charge in [-0.3, -0.25) is 0 Å². The van der Waals surface area contributed by atoms with Gasteiger partial charge in [0.05, 0.1) is 6.54 Å². The highest BCUT2D eigenvalue weighted by Crippen LogP contribution is 1.97. The second-order valence-electron chi connectivity index (χ2n) is 2.49. The van der Waals surface area contributed by atoms with Gasteiger partial charge in [0.25, 0.3) is 6.43 Å². The van der Waals surface area contributed by atoms with Gasteiger partial charge in [-0.2, -0.15) is 0 Å². The lowest BCUT2D eigenvalue weighted by atomic mass is 10.3. The summed E-state index contributed by atoms with van der Waals surface area (Å²) < 4.78 is 23.2. The summed E-state index contributed by atoms with van der Waals surface area (Å²) >= 11 is 0. The van der Waals surface area contributed by atoms with Crippen molar-refractivity contribution in [3.63, 3.8) is 0 Å². The van der Waals surface area contributed by atoms with Crippen molar-refractivity contribution in [1.82, 2.24) is 10.6 Å². The van der Waals surface area contributed by atoms with E-state index in [-0.39, 0.29) is 12.6 Å². The molecule has 0 spiro atoms. The summed E-state index contributed by atoms with van der Waals surface area (Å²) in [5.74, 6) is 0. The lowest BCUT2D eigenvalue weighted by Crippen LogP contribution is -2.34. The van der Waals surface area contributed by atoms with Crippen molar-refractivity contribution in [3.8, 4) is 0 Å². The Bertz CT molecular complexity index is 91.7. The molecule has 1 fully saturated rings. The maximum Gasteiger partial charge on any atom is 0.250 e. The minimum Gasteiger partial charge on any atom is -0.315 e. The van der Waals surface area contributed by atoms with Crippen molar-refractivity contribution in [2.24, 2.45) is 0 Å². The maximum atomic E-state index is 11.6. The molecule has 0 unspecified atom stereocenters. The van der Waals surface area contributed by atoms with Crippen molar-refractivity contribution in [2.75, 3.05) is 19.6 Å². The third-order valence-electron chi connectivity index (χ3n) is 1.62. The Hall–Kier alpha value is -0.220. The molecule has 1 heterocycles. The maximum absolute atomic E-state index is 11.6. The van der Waals surface area contributed by atoms with Crippen molar-refractivity contribution in [1.29, 1.82) is 0 Å². The fourth-order valence-electron chi connectivity index (χ4n) is 1.08. The van der Waals surface area contributed by atoms with Gasteiger partial charge in [-0.15, -0.1) is 0 Å². The van der Waals surface area contributed by atoms with Gasteiger partial charge in [-0.25, -0.2) is 8.78 Å². The van der Waals surface area contributed by atoms with Gasteiger partial charge >= 0.3 is 0 Å². The van der Waals surface area contributed by atoms with Crippen LogP contribution in [0.1, 0.15) is 6.42 Å². The highest BCUT2D eigenvalue weighted by atomic mass is 19.3. The van der Waals surface area contributed by atoms with E-state index in [9.17, 15) is 8.78 Å². The molecule has 0 radical (unpaired) electrons. The van der Waals surface area contributed by atoms with Crippen LogP contribution in [0.5, 0.6) is 0 Å². The summed E-state index contributed by atoms with van der Waals surface area (Å²) in [7, 11) is 0. The summed E-state index contributed by atoms with van der Waals surface area (Å²) in [4.78, 5) is 0. The second kappa shape index (κ2) is 3.83. The Morgan fingerprint density at radius 3 is 2.90 bits per heavy atom. The zero-order valence-electron chi connectivity index (χ0n) is 5.74. The molecule has 0 aromatic carbocycles. The molecule has 10 heavy (non-hydrogen) atoms. The molecule has 0 amide bonds. The summed E-state index contributed by atoms with van der Waals surface area (Å²) in [6, 6.07) is 0.258. The number of hydrogen-bond acceptors (Lipinski definition) is 2. The monoisotopic (exact) mass is 150 g/mol. The Kier molecular flexibility index (Phi) is 3.02. The molecule has 0 bridgehead atoms. The summed E-state index contributed by atoms with van der Waals surface area (Å²) in [5, 5.41) is 5.86. The van der Waals surface area contributed by atoms with Crippen molar-refractivity contribution < 1.29 is 8.78 Å². The summed E-state index contributed by atoms with van der Waals surface area (Å²) in [5.41, 5.74) is 0. The van der Waals surface area contributed by atoms with Gasteiger partial charge in [0.15, 0.2) is 0 Å². The number of rotatable bonds is 3. The third kappa shape index (κ3) is 2.58. The van der Waals surface area contributed by atoms with Crippen LogP contribution < -0.4 is 10.6 Å². The van der Waals surface area contributed by atoms with E-state index in [0.29, 0.717) is 0 Å². The average Bonchev–Trinajstić information content (AvgIpc) is 2.34. The Morgan fingerprint density at radius 1 is 1.60 bits per heavy atom. The van der Waals surface area contributed by atoms with E-state index in [0.717, 1.165) is 19.5 Å². The van der Waals surface area contributed by atoms with E-state index in [1.165, 1.54) is 0 Å². The molecule has 0 aromatic heterocycles. The first-order valence-corrected chi connectivity index (χ1v) is 3.51. The van der Waals surface area contributed by atoms with Crippen molar-refractivity contribution >= 4 is 0 Å². The first kappa shape index (κ1) is 7.88. The number of alkyl halides is 2. The van der Waals surface area contributed by atoms with Gasteiger partial charge in [-0.1, -0.05) is 0 Å². The van der Waals surface area contributed by atoms with Gasteiger partial charge in [-0.05, 0) is 13.0 Å². The molecule has 0 aromatic rings. The van der Waals surface area contributed by atoms with Gasteiger partial charge < -0.3 is 10.6 Å². The van der Waals surface area contributed by atoms with Gasteiger partial charge in [0.1, 0.15) is 0 Å². The summed E-state index contributed by atoms with van der Waals surface area (Å²) in [6.07, 6.45) is -1.26. The molecule has 1 saturated heterocycles. The lowest BCUT2D eigenvalue weighted by molar-refractivity contribution is 0.142. The van der Waals surface area contributed by atoms with Crippen LogP contribution in [0, 0.1) is 0 Å². The Labute approximate surface area is 59.0 Å². The van der Waals surface area contributed by atoms with Crippen LogP contribution in [0.3, 0.4) is 0 Å². The highest BCUT2D eigenvalue weighted by molar-refractivity contribution is 4.77. The minimum absolute atomic E-state index is 0.174. The largest absolute Gasteiger partial charge is 0.315 e. The Morgan fingerprint density at radius 2 is 2.40 bits per heavy atom. The lowest BCUT2D eigenvalue weighted by Gasteiger charge is -2.09. The first-order valence-electron chi connectivity index (χ1n) is 3.51. The minimum atomic E-state index is -2.22. The van der Waals surface area contributed by atoms with Crippen LogP contribution in [0.25, 0.3) is 0 Å². The van der Waals surface area contributed by atoms with Crippen LogP contribution in [-0.2, 0) is 0 Å². The summed E-state index contributed by atoms with van der Waals surface area (Å²) in [6.45, 7) is 1.60. The average molecular weight is 150 g/mol. The first-order chi connectivity index (χ1) is 4.79. The third-order valence-corrected chi connectivity index (χ3v) is 1.62. The standard InChI is InChI=1S/C6H12F2N2/c7-6(8)4-10-5-1-2-9-3-5/h5-6,9-10H,1-4H2/t5-/m1/s1. The molecular weight excluding hydrogens is 138 g/mol. The quantitative estimate of drug-likeness (QED) is 0.600. The van der Waals surface area contributed by atoms with Crippen molar-refractivity contribution in [2.45, 2.75) is 18.9 Å². The van der Waals surface area contributed by atoms with Crippen LogP contribution in [0.4, 0.5) is 8.78 Å². The molecule has 0 saturated carbocycles. The van der Waals surface area contributed by atoms with Gasteiger partial charge in [0.2, 0.25) is 0 Å². The molecule has 2 N–H and O–H groups in total. The fraction of sp³-hybridized carbons (Fsp3) is 1.00. The molecule has 60 valence electrons. The predicted molar refractivity (Wildman–Crippen MR) is 35.3 cm³/mol. The van der Waals surface area contributed by atoms with E-state index in [4.69, 9.17) is 0 Å². The number of hydrogen-bond donors (Lipinski definition) is 2. The van der Waals surface area contributed by atoms with Crippen LogP contribution in [0.15, 0.2) is 0 Å². The molecule has 1 atom stereocenters. The van der Waals surface area contributed by atoms with Crippen LogP contribution in [-0.4, -0.2) is 32.1 Å². The zero-order valence-corrected chi connectivity index (χ0v) is 5.74. The fourth-order valence-corrected chi connectivity index (χ4v) is 1.08. The number of nitrogens with one attached hydrogen (secondary N) is 2. The van der Waals surface area contributed by atoms with Crippen molar-refractivity contribution in [3.05, 3.63) is 0 Å². The molecule has 0 aliphatic carbocycles. The molecule has 2 nitrogen and oxygen atoms in total. The van der Waals surface area contributed by atoms with Gasteiger partial charge in [0, 0.05) is 12.6 Å². The zero-order chi connectivity index (χ0) is 7.40. The van der Waals surface area contributed by atoms with E-state index in [1.54, 1.807) is 0 Å². The van der Waals surface area contributed by atoms with E-state index < -0.39 is 6.43 Å². The predicted octanol–water partition coefficient (Wildman–Crippen LogP) is 0.203. The molecule has 1 aliphatic rings. The highest BCUT2D eigenvalue weighted by Gasteiger charge is 2.14.